The second-order valence-corrected chi connectivity index (χ2v) is 9.51. The van der Waals surface area contributed by atoms with Crippen LogP contribution in [0.25, 0.3) is 0 Å². The number of guanidine groups is 1. The van der Waals surface area contributed by atoms with Crippen molar-refractivity contribution in [2.45, 2.75) is 39.7 Å². The van der Waals surface area contributed by atoms with Crippen LogP contribution in [0.4, 0.5) is 0 Å². The van der Waals surface area contributed by atoms with Gasteiger partial charge in [0.15, 0.2) is 5.96 Å². The van der Waals surface area contributed by atoms with Crippen molar-refractivity contribution in [3.63, 3.8) is 0 Å². The molecule has 1 aliphatic rings. The molecule has 0 aromatic heterocycles. The summed E-state index contributed by atoms with van der Waals surface area (Å²) in [5.41, 5.74) is 0.0546. The molecule has 9 heteroatoms. The van der Waals surface area contributed by atoms with Gasteiger partial charge in [0.2, 0.25) is 10.0 Å². The van der Waals surface area contributed by atoms with Gasteiger partial charge in [-0.05, 0) is 24.2 Å². The lowest BCUT2D eigenvalue weighted by Crippen LogP contribution is -2.47. The first-order valence-corrected chi connectivity index (χ1v) is 10.3. The molecule has 1 heterocycles. The Bertz CT molecular complexity index is 512. The van der Waals surface area contributed by atoms with Crippen molar-refractivity contribution in [3.05, 3.63) is 0 Å². The summed E-state index contributed by atoms with van der Waals surface area (Å²) in [7, 11) is 0.419. The van der Waals surface area contributed by atoms with Crippen molar-refractivity contribution in [2.75, 3.05) is 46.6 Å². The molecule has 0 amide bonds. The quantitative estimate of drug-likeness (QED) is 0.335. The van der Waals surface area contributed by atoms with Gasteiger partial charge in [0.05, 0.1) is 12.4 Å². The zero-order valence-corrected chi connectivity index (χ0v) is 19.5. The number of aliphatic imine (C=N–C) groups is 1. The van der Waals surface area contributed by atoms with Crippen LogP contribution in [-0.4, -0.2) is 71.4 Å². The van der Waals surface area contributed by atoms with Gasteiger partial charge in [0.25, 0.3) is 0 Å². The molecular weight excluding hydrogens is 455 g/mol. The van der Waals surface area contributed by atoms with Gasteiger partial charge in [-0.3, -0.25) is 4.99 Å². The first-order chi connectivity index (χ1) is 11.1. The zero-order valence-electron chi connectivity index (χ0n) is 16.3. The maximum absolute atomic E-state index is 11.5. The Balaban J connectivity index is 0.00000576. The van der Waals surface area contributed by atoms with E-state index >= 15 is 0 Å². The minimum Gasteiger partial charge on any atom is -0.379 e. The van der Waals surface area contributed by atoms with Gasteiger partial charge in [-0.15, -0.1) is 24.0 Å². The molecule has 0 aromatic carbocycles. The Morgan fingerprint density at radius 1 is 1.28 bits per heavy atom. The van der Waals surface area contributed by atoms with Crippen LogP contribution >= 0.6 is 24.0 Å². The molecule has 1 rings (SSSR count). The molecule has 1 unspecified atom stereocenters. The fourth-order valence-corrected chi connectivity index (χ4v) is 3.71. The number of sulfonamides is 1. The molecule has 1 aliphatic heterocycles. The fraction of sp³-hybridized carbons (Fsp3) is 0.938. The summed E-state index contributed by atoms with van der Waals surface area (Å²) in [6.45, 7) is 9.13. The van der Waals surface area contributed by atoms with E-state index in [1.54, 1.807) is 18.5 Å². The van der Waals surface area contributed by atoms with Crippen LogP contribution in [-0.2, 0) is 14.8 Å². The molecule has 7 nitrogen and oxygen atoms in total. The summed E-state index contributed by atoms with van der Waals surface area (Å²) in [6.07, 6.45) is 3.12. The van der Waals surface area contributed by atoms with Crippen LogP contribution in [0.15, 0.2) is 4.99 Å². The molecule has 0 spiro atoms. The highest BCUT2D eigenvalue weighted by atomic mass is 127. The molecule has 150 valence electrons. The molecular formula is C16H35IN4O3S. The molecule has 0 bridgehead atoms. The molecule has 1 fully saturated rings. The molecule has 1 saturated heterocycles. The molecule has 0 aromatic rings. The van der Waals surface area contributed by atoms with Crippen LogP contribution in [0.1, 0.15) is 33.6 Å². The van der Waals surface area contributed by atoms with Crippen LogP contribution in [0.5, 0.6) is 0 Å². The van der Waals surface area contributed by atoms with E-state index in [4.69, 9.17) is 4.74 Å². The second-order valence-electron chi connectivity index (χ2n) is 7.53. The summed E-state index contributed by atoms with van der Waals surface area (Å²) in [5.74, 6) is 1.22. The Morgan fingerprint density at radius 3 is 2.24 bits per heavy atom. The topological polar surface area (TPSA) is 83.0 Å². The van der Waals surface area contributed by atoms with Crippen LogP contribution in [0.3, 0.4) is 0 Å². The van der Waals surface area contributed by atoms with E-state index in [0.717, 1.165) is 25.3 Å². The number of ether oxygens (including phenoxy) is 1. The average molecular weight is 490 g/mol. The fourth-order valence-electron chi connectivity index (χ4n) is 2.84. The first kappa shape index (κ1) is 24.9. The van der Waals surface area contributed by atoms with Gasteiger partial charge < -0.3 is 15.4 Å². The third-order valence-electron chi connectivity index (χ3n) is 4.53. The van der Waals surface area contributed by atoms with Crippen LogP contribution < -0.4 is 10.6 Å². The van der Waals surface area contributed by atoms with E-state index in [0.29, 0.717) is 25.6 Å². The van der Waals surface area contributed by atoms with Crippen molar-refractivity contribution in [1.82, 2.24) is 14.9 Å². The standard InChI is InChI=1S/C16H34N4O3S.HI/c1-16(2,3)14(23-5)12-19-15(17-4)18-11-13-7-9-20(10-8-13)24(6,21)22;/h13-14H,7-12H2,1-6H3,(H2,17,18,19);1H. The van der Waals surface area contributed by atoms with E-state index in [9.17, 15) is 8.42 Å². The molecule has 0 radical (unpaired) electrons. The monoisotopic (exact) mass is 490 g/mol. The van der Waals surface area contributed by atoms with Crippen molar-refractivity contribution in [1.29, 1.82) is 0 Å². The van der Waals surface area contributed by atoms with Crippen LogP contribution in [0.2, 0.25) is 0 Å². The van der Waals surface area contributed by atoms with Crippen molar-refractivity contribution in [2.24, 2.45) is 16.3 Å². The first-order valence-electron chi connectivity index (χ1n) is 8.50. The van der Waals surface area contributed by atoms with Crippen molar-refractivity contribution in [3.8, 4) is 0 Å². The Hall–Kier alpha value is -0.130. The number of nitrogens with zero attached hydrogens (tertiary/aromatic N) is 2. The Kier molecular flexibility index (Phi) is 10.8. The lowest BCUT2D eigenvalue weighted by molar-refractivity contribution is 0.0205. The van der Waals surface area contributed by atoms with E-state index in [2.05, 4.69) is 36.4 Å². The summed E-state index contributed by atoms with van der Waals surface area (Å²) in [4.78, 5) is 4.25. The van der Waals surface area contributed by atoms with Crippen molar-refractivity contribution < 1.29 is 13.2 Å². The Morgan fingerprint density at radius 2 is 1.84 bits per heavy atom. The lowest BCUT2D eigenvalue weighted by atomic mass is 9.89. The van der Waals surface area contributed by atoms with Crippen molar-refractivity contribution >= 4 is 40.0 Å². The van der Waals surface area contributed by atoms with E-state index in [1.165, 1.54) is 6.26 Å². The second kappa shape index (κ2) is 10.9. The van der Waals surface area contributed by atoms with Gasteiger partial charge >= 0.3 is 0 Å². The van der Waals surface area contributed by atoms with E-state index < -0.39 is 10.0 Å². The third kappa shape index (κ3) is 8.87. The number of hydrogen-bond donors (Lipinski definition) is 2. The summed E-state index contributed by atoms with van der Waals surface area (Å²) >= 11 is 0. The summed E-state index contributed by atoms with van der Waals surface area (Å²) < 4.78 is 30.2. The highest BCUT2D eigenvalue weighted by Gasteiger charge is 2.26. The van der Waals surface area contributed by atoms with Gasteiger partial charge in [0, 0.05) is 40.3 Å². The highest BCUT2D eigenvalue weighted by Crippen LogP contribution is 2.21. The average Bonchev–Trinajstić information content (AvgIpc) is 2.49. The van der Waals surface area contributed by atoms with Gasteiger partial charge in [-0.1, -0.05) is 20.8 Å². The normalized spacial score (nSPS) is 19.2. The molecule has 0 saturated carbocycles. The van der Waals surface area contributed by atoms with Gasteiger partial charge in [-0.2, -0.15) is 0 Å². The minimum atomic E-state index is -3.06. The van der Waals surface area contributed by atoms with Crippen LogP contribution in [0, 0.1) is 11.3 Å². The number of halogens is 1. The maximum Gasteiger partial charge on any atom is 0.211 e. The third-order valence-corrected chi connectivity index (χ3v) is 5.83. The number of nitrogens with one attached hydrogen (secondary N) is 2. The predicted molar refractivity (Wildman–Crippen MR) is 114 cm³/mol. The number of hydrogen-bond acceptors (Lipinski definition) is 4. The lowest BCUT2D eigenvalue weighted by Gasteiger charge is -2.31. The van der Waals surface area contributed by atoms with Gasteiger partial charge in [-0.25, -0.2) is 12.7 Å². The highest BCUT2D eigenvalue weighted by molar-refractivity contribution is 14.0. The largest absolute Gasteiger partial charge is 0.379 e. The number of piperidine rings is 1. The summed E-state index contributed by atoms with van der Waals surface area (Å²) in [6, 6.07) is 0. The van der Waals surface area contributed by atoms with E-state index in [1.807, 2.05) is 0 Å². The molecule has 1 atom stereocenters. The molecule has 2 N–H and O–H groups in total. The molecule has 25 heavy (non-hydrogen) atoms. The Labute approximate surface area is 170 Å². The smallest absolute Gasteiger partial charge is 0.211 e. The minimum absolute atomic E-state index is 0. The summed E-state index contributed by atoms with van der Waals surface area (Å²) in [5, 5.41) is 6.65. The zero-order chi connectivity index (χ0) is 18.4. The maximum atomic E-state index is 11.5. The number of rotatable bonds is 6. The number of methoxy groups -OCH3 is 1. The SMILES string of the molecule is CN=C(NCC1CCN(S(C)(=O)=O)CC1)NCC(OC)C(C)(C)C.I. The van der Waals surface area contributed by atoms with Gasteiger partial charge in [0.1, 0.15) is 0 Å². The molecule has 0 aliphatic carbocycles. The van der Waals surface area contributed by atoms with E-state index in [-0.39, 0.29) is 35.5 Å². The predicted octanol–water partition coefficient (Wildman–Crippen LogP) is 1.50.